The minimum atomic E-state index is -0.250. The molecule has 0 unspecified atom stereocenters. The molecule has 3 nitrogen and oxygen atoms in total. The number of rotatable bonds is 1. The zero-order chi connectivity index (χ0) is 12.6. The number of hydrogen-bond donors (Lipinski definition) is 0. The fourth-order valence-electron chi connectivity index (χ4n) is 2.97. The Labute approximate surface area is 110 Å². The summed E-state index contributed by atoms with van der Waals surface area (Å²) < 4.78 is 11.1. The average molecular weight is 254 g/mol. The van der Waals surface area contributed by atoms with E-state index in [1.165, 1.54) is 38.5 Å². The molecule has 3 heteroatoms. The minimum Gasteiger partial charge on any atom is -0.349 e. The first kappa shape index (κ1) is 14.0. The Kier molecular flexibility index (Phi) is 6.15. The van der Waals surface area contributed by atoms with Crippen molar-refractivity contribution in [2.45, 2.75) is 70.5 Å². The van der Waals surface area contributed by atoms with Crippen LogP contribution in [-0.4, -0.2) is 25.3 Å². The van der Waals surface area contributed by atoms with E-state index < -0.39 is 0 Å². The molecule has 1 saturated carbocycles. The van der Waals surface area contributed by atoms with E-state index in [0.29, 0.717) is 25.4 Å². The summed E-state index contributed by atoms with van der Waals surface area (Å²) in [7, 11) is 0. The van der Waals surface area contributed by atoms with E-state index >= 15 is 0 Å². The number of ketones is 1. The van der Waals surface area contributed by atoms with E-state index in [-0.39, 0.29) is 12.2 Å². The molecule has 18 heavy (non-hydrogen) atoms. The van der Waals surface area contributed by atoms with Gasteiger partial charge in [-0.1, -0.05) is 44.9 Å². The van der Waals surface area contributed by atoms with Gasteiger partial charge in [-0.2, -0.15) is 0 Å². The molecule has 104 valence electrons. The maximum Gasteiger partial charge on any atom is 0.167 e. The molecule has 0 spiro atoms. The Morgan fingerprint density at radius 3 is 2.00 bits per heavy atom. The lowest BCUT2D eigenvalue weighted by Gasteiger charge is -2.21. The molecule has 0 amide bonds. The van der Waals surface area contributed by atoms with Gasteiger partial charge in [0.1, 0.15) is 5.78 Å². The van der Waals surface area contributed by atoms with E-state index in [4.69, 9.17) is 9.47 Å². The van der Waals surface area contributed by atoms with E-state index in [1.807, 2.05) is 0 Å². The zero-order valence-corrected chi connectivity index (χ0v) is 11.4. The monoisotopic (exact) mass is 254 g/mol. The zero-order valence-electron chi connectivity index (χ0n) is 11.4. The van der Waals surface area contributed by atoms with Crippen LogP contribution in [0.1, 0.15) is 64.2 Å². The van der Waals surface area contributed by atoms with Gasteiger partial charge in [0, 0.05) is 6.42 Å². The van der Waals surface area contributed by atoms with E-state index in [1.54, 1.807) is 0 Å². The molecule has 0 aromatic rings. The Morgan fingerprint density at radius 1 is 0.778 bits per heavy atom. The maximum atomic E-state index is 12.3. The third kappa shape index (κ3) is 4.36. The number of ether oxygens (including phenoxy) is 2. The predicted octanol–water partition coefficient (Wildman–Crippen LogP) is 3.46. The maximum absolute atomic E-state index is 12.3. The summed E-state index contributed by atoms with van der Waals surface area (Å²) in [6.45, 7) is 1.29. The molecule has 2 aliphatic rings. The van der Waals surface area contributed by atoms with Crippen molar-refractivity contribution in [3.05, 3.63) is 0 Å². The van der Waals surface area contributed by atoms with Gasteiger partial charge in [-0.25, -0.2) is 0 Å². The Balaban J connectivity index is 1.87. The predicted molar refractivity (Wildman–Crippen MR) is 70.4 cm³/mol. The fraction of sp³-hybridized carbons (Fsp3) is 0.933. The summed E-state index contributed by atoms with van der Waals surface area (Å²) >= 11 is 0. The smallest absolute Gasteiger partial charge is 0.167 e. The van der Waals surface area contributed by atoms with Gasteiger partial charge >= 0.3 is 0 Å². The number of carbonyl (C=O) groups is 1. The molecular formula is C15H26O3. The van der Waals surface area contributed by atoms with Crippen molar-refractivity contribution in [1.82, 2.24) is 0 Å². The quantitative estimate of drug-likeness (QED) is 0.719. The lowest BCUT2D eigenvalue weighted by molar-refractivity contribution is -0.140. The lowest BCUT2D eigenvalue weighted by atomic mass is 9.91. The van der Waals surface area contributed by atoms with Crippen LogP contribution in [0.4, 0.5) is 0 Å². The summed E-state index contributed by atoms with van der Waals surface area (Å²) in [5.74, 6) is 0.356. The molecule has 1 saturated heterocycles. The minimum absolute atomic E-state index is 0.00748. The van der Waals surface area contributed by atoms with Gasteiger partial charge in [-0.3, -0.25) is 4.79 Å². The van der Waals surface area contributed by atoms with Crippen molar-refractivity contribution < 1.29 is 14.3 Å². The van der Waals surface area contributed by atoms with Crippen molar-refractivity contribution in [1.29, 1.82) is 0 Å². The van der Waals surface area contributed by atoms with Crippen LogP contribution in [-0.2, 0) is 14.3 Å². The van der Waals surface area contributed by atoms with Crippen molar-refractivity contribution in [2.75, 3.05) is 13.2 Å². The molecule has 1 aliphatic carbocycles. The van der Waals surface area contributed by atoms with Crippen molar-refractivity contribution in [3.8, 4) is 0 Å². The molecule has 2 rings (SSSR count). The van der Waals surface area contributed by atoms with Gasteiger partial charge in [0.05, 0.1) is 19.1 Å². The van der Waals surface area contributed by atoms with Gasteiger partial charge in [0.25, 0.3) is 0 Å². The number of hydrogen-bond acceptors (Lipinski definition) is 3. The highest BCUT2D eigenvalue weighted by Gasteiger charge is 2.31. The lowest BCUT2D eigenvalue weighted by Crippen LogP contribution is -2.29. The van der Waals surface area contributed by atoms with Crippen LogP contribution in [0.2, 0.25) is 0 Å². The Morgan fingerprint density at radius 2 is 1.33 bits per heavy atom. The first-order chi connectivity index (χ1) is 8.88. The summed E-state index contributed by atoms with van der Waals surface area (Å²) in [6.07, 6.45) is 11.3. The molecule has 1 heterocycles. The summed E-state index contributed by atoms with van der Waals surface area (Å²) in [5, 5.41) is 0. The van der Waals surface area contributed by atoms with Crippen LogP contribution in [0.5, 0.6) is 0 Å². The largest absolute Gasteiger partial charge is 0.349 e. The SMILES string of the molecule is O=C1CCCCCCCCCC[C@@H]1C1OCCO1. The first-order valence-corrected chi connectivity index (χ1v) is 7.64. The van der Waals surface area contributed by atoms with Crippen molar-refractivity contribution >= 4 is 5.78 Å². The molecule has 0 aromatic carbocycles. The van der Waals surface area contributed by atoms with Crippen LogP contribution < -0.4 is 0 Å². The van der Waals surface area contributed by atoms with E-state index in [0.717, 1.165) is 19.3 Å². The fourth-order valence-corrected chi connectivity index (χ4v) is 2.97. The second kappa shape index (κ2) is 7.90. The second-order valence-corrected chi connectivity index (χ2v) is 5.55. The average Bonchev–Trinajstić information content (AvgIpc) is 2.87. The van der Waals surface area contributed by atoms with E-state index in [9.17, 15) is 4.79 Å². The molecular weight excluding hydrogens is 228 g/mol. The van der Waals surface area contributed by atoms with Crippen LogP contribution in [0.25, 0.3) is 0 Å². The second-order valence-electron chi connectivity index (χ2n) is 5.55. The van der Waals surface area contributed by atoms with Gasteiger partial charge in [-0.15, -0.1) is 0 Å². The van der Waals surface area contributed by atoms with Gasteiger partial charge < -0.3 is 9.47 Å². The molecule has 1 aliphatic heterocycles. The number of Topliss-reactive ketones (excluding diaryl/α,β-unsaturated/α-hetero) is 1. The summed E-state index contributed by atoms with van der Waals surface area (Å²) in [6, 6.07) is 0. The molecule has 2 fully saturated rings. The molecule has 0 N–H and O–H groups in total. The molecule has 0 radical (unpaired) electrons. The normalized spacial score (nSPS) is 29.8. The van der Waals surface area contributed by atoms with Crippen LogP contribution in [0, 0.1) is 5.92 Å². The molecule has 1 atom stereocenters. The summed E-state index contributed by atoms with van der Waals surface area (Å²) in [5.41, 5.74) is 0. The van der Waals surface area contributed by atoms with Crippen LogP contribution in [0.15, 0.2) is 0 Å². The third-order valence-electron chi connectivity index (χ3n) is 4.08. The van der Waals surface area contributed by atoms with Crippen molar-refractivity contribution in [3.63, 3.8) is 0 Å². The number of carbonyl (C=O) groups excluding carboxylic acids is 1. The first-order valence-electron chi connectivity index (χ1n) is 7.64. The highest BCUT2D eigenvalue weighted by Crippen LogP contribution is 2.25. The van der Waals surface area contributed by atoms with Gasteiger partial charge in [-0.05, 0) is 12.8 Å². The van der Waals surface area contributed by atoms with Gasteiger partial charge in [0.15, 0.2) is 6.29 Å². The van der Waals surface area contributed by atoms with E-state index in [2.05, 4.69) is 0 Å². The Hall–Kier alpha value is -0.410. The highest BCUT2D eigenvalue weighted by atomic mass is 16.7. The highest BCUT2D eigenvalue weighted by molar-refractivity contribution is 5.81. The van der Waals surface area contributed by atoms with Gasteiger partial charge in [0.2, 0.25) is 0 Å². The topological polar surface area (TPSA) is 35.5 Å². The summed E-state index contributed by atoms with van der Waals surface area (Å²) in [4.78, 5) is 12.3. The standard InChI is InChI=1S/C15H26O3/c16-14-10-8-6-4-2-1-3-5-7-9-13(14)15-17-11-12-18-15/h13,15H,1-12H2/t13-/m0/s1. The molecule has 0 aromatic heterocycles. The van der Waals surface area contributed by atoms with Crippen LogP contribution in [0.3, 0.4) is 0 Å². The van der Waals surface area contributed by atoms with Crippen LogP contribution >= 0.6 is 0 Å². The van der Waals surface area contributed by atoms with Crippen molar-refractivity contribution in [2.24, 2.45) is 5.92 Å². The Bertz CT molecular complexity index is 246. The molecule has 0 bridgehead atoms. The third-order valence-corrected chi connectivity index (χ3v) is 4.08.